The van der Waals surface area contributed by atoms with E-state index in [-0.39, 0.29) is 0 Å². The van der Waals surface area contributed by atoms with E-state index >= 15 is 0 Å². The maximum Gasteiger partial charge on any atom is 0.0144 e. The zero-order valence-electron chi connectivity index (χ0n) is 5.73. The molecule has 1 radical (unpaired) electrons. The highest BCUT2D eigenvalue weighted by Gasteiger charge is 1.92. The van der Waals surface area contributed by atoms with Gasteiger partial charge in [-0.05, 0) is 59.5 Å². The lowest BCUT2D eigenvalue weighted by molar-refractivity contribution is 1.40. The molecule has 0 saturated heterocycles. The predicted octanol–water partition coefficient (Wildman–Crippen LogP) is 3.20. The normalized spacial score (nSPS) is 9.90. The van der Waals surface area contributed by atoms with Gasteiger partial charge in [0.1, 0.15) is 0 Å². The summed E-state index contributed by atoms with van der Waals surface area (Å²) in [5, 5.41) is 0. The molecule has 53 valence electrons. The van der Waals surface area contributed by atoms with Gasteiger partial charge in [-0.25, -0.2) is 0 Å². The lowest BCUT2D eigenvalue weighted by atomic mass is 10.2. The summed E-state index contributed by atoms with van der Waals surface area (Å²) in [5.74, 6) is 0. The smallest absolute Gasteiger partial charge is 0.0144 e. The molecule has 0 saturated carbocycles. The van der Waals surface area contributed by atoms with E-state index in [1.165, 1.54) is 8.47 Å². The van der Waals surface area contributed by atoms with Crippen molar-refractivity contribution in [1.29, 1.82) is 0 Å². The molecule has 1 aromatic carbocycles. The molecular formula is C8H8IS. The van der Waals surface area contributed by atoms with Crippen molar-refractivity contribution in [3.63, 3.8) is 0 Å². The average molecular weight is 263 g/mol. The summed E-state index contributed by atoms with van der Waals surface area (Å²) < 4.78 is 1.26. The molecule has 1 aromatic rings. The molecule has 0 aliphatic heterocycles. The first-order valence-electron chi connectivity index (χ1n) is 2.89. The van der Waals surface area contributed by atoms with E-state index < -0.39 is 0 Å². The summed E-state index contributed by atoms with van der Waals surface area (Å²) in [5.41, 5.74) is 1.09. The lowest BCUT2D eigenvalue weighted by Gasteiger charge is -1.98. The van der Waals surface area contributed by atoms with Crippen LogP contribution < -0.4 is 0 Å². The fourth-order valence-electron chi connectivity index (χ4n) is 0.739. The zero-order chi connectivity index (χ0) is 7.56. The molecule has 1 rings (SSSR count). The molecule has 0 aliphatic carbocycles. The largest absolute Gasteiger partial charge is 0.130 e. The van der Waals surface area contributed by atoms with Crippen molar-refractivity contribution in [2.45, 2.75) is 4.90 Å². The molecule has 2 heteroatoms. The van der Waals surface area contributed by atoms with Crippen LogP contribution in [0.1, 0.15) is 5.56 Å². The van der Waals surface area contributed by atoms with Crippen LogP contribution in [-0.2, 0) is 0 Å². The fourth-order valence-corrected chi connectivity index (χ4v) is 2.20. The van der Waals surface area contributed by atoms with Gasteiger partial charge >= 0.3 is 0 Å². The van der Waals surface area contributed by atoms with E-state index in [0.29, 0.717) is 0 Å². The molecule has 0 unspecified atom stereocenters. The second-order valence-electron chi connectivity index (χ2n) is 2.00. The third kappa shape index (κ3) is 2.16. The first-order chi connectivity index (χ1) is 4.72. The standard InChI is InChI=1S/C8H8IS/c1-6-3-7(9)5-8(4-6)10-2/h3-5H,1H2,2H3. The molecule has 0 N–H and O–H groups in total. The zero-order valence-corrected chi connectivity index (χ0v) is 8.70. The van der Waals surface area contributed by atoms with Crippen molar-refractivity contribution in [3.8, 4) is 0 Å². The number of hydrogen-bond acceptors (Lipinski definition) is 1. The average Bonchev–Trinajstić information content (AvgIpc) is 1.85. The second-order valence-corrected chi connectivity index (χ2v) is 4.12. The number of thioether (sulfide) groups is 1. The molecule has 0 bridgehead atoms. The number of hydrogen-bond donors (Lipinski definition) is 0. The van der Waals surface area contributed by atoms with Crippen molar-refractivity contribution >= 4 is 34.4 Å². The number of benzene rings is 1. The topological polar surface area (TPSA) is 0 Å². The van der Waals surface area contributed by atoms with Crippen LogP contribution in [0.2, 0.25) is 0 Å². The fraction of sp³-hybridized carbons (Fsp3) is 0.125. The van der Waals surface area contributed by atoms with Crippen LogP contribution >= 0.6 is 34.4 Å². The Balaban J connectivity index is 3.06. The number of halogens is 1. The molecule has 0 amide bonds. The minimum absolute atomic E-state index is 1.09. The summed E-state index contributed by atoms with van der Waals surface area (Å²) in [6, 6.07) is 6.31. The van der Waals surface area contributed by atoms with Crippen LogP contribution in [0.25, 0.3) is 0 Å². The van der Waals surface area contributed by atoms with E-state index in [9.17, 15) is 0 Å². The van der Waals surface area contributed by atoms with E-state index in [2.05, 4.69) is 54.0 Å². The van der Waals surface area contributed by atoms with Gasteiger partial charge in [-0.1, -0.05) is 0 Å². The number of rotatable bonds is 1. The van der Waals surface area contributed by atoms with Crippen molar-refractivity contribution in [3.05, 3.63) is 34.3 Å². The van der Waals surface area contributed by atoms with Crippen LogP contribution in [0, 0.1) is 10.5 Å². The highest BCUT2D eigenvalue weighted by molar-refractivity contribution is 14.1. The SMILES string of the molecule is [CH2]c1cc(I)cc(SC)c1. The molecule has 0 fully saturated rings. The Hall–Kier alpha value is 0.300. The summed E-state index contributed by atoms with van der Waals surface area (Å²) in [6.45, 7) is 3.87. The summed E-state index contributed by atoms with van der Waals surface area (Å²) in [7, 11) is 0. The van der Waals surface area contributed by atoms with Gasteiger partial charge in [0.05, 0.1) is 0 Å². The predicted molar refractivity (Wildman–Crippen MR) is 55.4 cm³/mol. The minimum Gasteiger partial charge on any atom is -0.130 e. The van der Waals surface area contributed by atoms with Gasteiger partial charge in [-0.15, -0.1) is 11.8 Å². The Morgan fingerprint density at radius 1 is 1.40 bits per heavy atom. The van der Waals surface area contributed by atoms with Gasteiger partial charge in [0.15, 0.2) is 0 Å². The van der Waals surface area contributed by atoms with Crippen molar-refractivity contribution in [2.75, 3.05) is 6.26 Å². The lowest BCUT2D eigenvalue weighted by Crippen LogP contribution is -1.77. The molecular weight excluding hydrogens is 255 g/mol. The van der Waals surface area contributed by atoms with Crippen molar-refractivity contribution in [2.24, 2.45) is 0 Å². The van der Waals surface area contributed by atoms with Gasteiger partial charge in [-0.2, -0.15) is 0 Å². The van der Waals surface area contributed by atoms with Gasteiger partial charge in [-0.3, -0.25) is 0 Å². The molecule has 0 aliphatic rings. The third-order valence-corrected chi connectivity index (χ3v) is 2.50. The van der Waals surface area contributed by atoms with Crippen molar-refractivity contribution < 1.29 is 0 Å². The first-order valence-corrected chi connectivity index (χ1v) is 5.19. The van der Waals surface area contributed by atoms with Crippen LogP contribution in [0.5, 0.6) is 0 Å². The second kappa shape index (κ2) is 3.62. The van der Waals surface area contributed by atoms with Crippen LogP contribution in [0.15, 0.2) is 23.1 Å². The van der Waals surface area contributed by atoms with Crippen molar-refractivity contribution in [1.82, 2.24) is 0 Å². The summed E-state index contributed by atoms with van der Waals surface area (Å²) in [6.07, 6.45) is 2.07. The van der Waals surface area contributed by atoms with Gasteiger partial charge in [0.25, 0.3) is 0 Å². The quantitative estimate of drug-likeness (QED) is 0.554. The molecule has 0 aromatic heterocycles. The molecule has 10 heavy (non-hydrogen) atoms. The Kier molecular flexibility index (Phi) is 3.04. The van der Waals surface area contributed by atoms with E-state index in [1.54, 1.807) is 11.8 Å². The Bertz CT molecular complexity index is 212. The highest BCUT2D eigenvalue weighted by Crippen LogP contribution is 2.19. The molecule has 0 atom stereocenters. The molecule has 0 nitrogen and oxygen atoms in total. The van der Waals surface area contributed by atoms with Gasteiger partial charge in [0, 0.05) is 8.47 Å². The minimum atomic E-state index is 1.09. The summed E-state index contributed by atoms with van der Waals surface area (Å²) in [4.78, 5) is 1.29. The van der Waals surface area contributed by atoms with Crippen LogP contribution in [-0.4, -0.2) is 6.26 Å². The Morgan fingerprint density at radius 3 is 2.60 bits per heavy atom. The van der Waals surface area contributed by atoms with Gasteiger partial charge in [0.2, 0.25) is 0 Å². The Labute approximate surface area is 79.5 Å². The van der Waals surface area contributed by atoms with E-state index in [1.807, 2.05) is 0 Å². The highest BCUT2D eigenvalue weighted by atomic mass is 127. The van der Waals surface area contributed by atoms with Crippen LogP contribution in [0.4, 0.5) is 0 Å². The molecule has 0 heterocycles. The Morgan fingerprint density at radius 2 is 2.10 bits per heavy atom. The van der Waals surface area contributed by atoms with Crippen LogP contribution in [0.3, 0.4) is 0 Å². The monoisotopic (exact) mass is 263 g/mol. The van der Waals surface area contributed by atoms with E-state index in [0.717, 1.165) is 5.56 Å². The third-order valence-electron chi connectivity index (χ3n) is 1.17. The maximum absolute atomic E-state index is 3.87. The first kappa shape index (κ1) is 8.40. The maximum atomic E-state index is 3.87. The van der Waals surface area contributed by atoms with E-state index in [4.69, 9.17) is 0 Å². The van der Waals surface area contributed by atoms with Gasteiger partial charge < -0.3 is 0 Å². The summed E-state index contributed by atoms with van der Waals surface area (Å²) >= 11 is 4.05. The molecule has 0 spiro atoms.